The maximum absolute atomic E-state index is 13.1. The Balaban J connectivity index is 1.38. The molecule has 3 aromatic rings. The summed E-state index contributed by atoms with van der Waals surface area (Å²) in [6.07, 6.45) is 1.43. The second-order valence-electron chi connectivity index (χ2n) is 8.28. The van der Waals surface area contributed by atoms with Gasteiger partial charge in [0.2, 0.25) is 11.0 Å². The van der Waals surface area contributed by atoms with Crippen molar-refractivity contribution in [2.24, 2.45) is 5.92 Å². The average Bonchev–Trinajstić information content (AvgIpc) is 3.27. The third-order valence-electron chi connectivity index (χ3n) is 5.65. The Morgan fingerprint density at radius 2 is 1.81 bits per heavy atom. The number of halogens is 1. The van der Waals surface area contributed by atoms with E-state index in [2.05, 4.69) is 41.5 Å². The number of hydrogen-bond acceptors (Lipinski definition) is 5. The number of aromatic nitrogens is 2. The first-order valence-electron chi connectivity index (χ1n) is 10.7. The molecule has 0 unspecified atom stereocenters. The summed E-state index contributed by atoms with van der Waals surface area (Å²) < 4.78 is 13.1. The van der Waals surface area contributed by atoms with Crippen LogP contribution in [0.3, 0.4) is 0 Å². The topological polar surface area (TPSA) is 75.2 Å². The minimum atomic E-state index is -0.384. The Labute approximate surface area is 190 Å². The lowest BCUT2D eigenvalue weighted by atomic mass is 9.96. The van der Waals surface area contributed by atoms with Crippen molar-refractivity contribution in [3.63, 3.8) is 0 Å². The second-order valence-corrected chi connectivity index (χ2v) is 9.25. The van der Waals surface area contributed by atoms with Gasteiger partial charge in [-0.1, -0.05) is 49.4 Å². The molecule has 166 valence electrons. The number of carbonyl (C=O) groups is 2. The van der Waals surface area contributed by atoms with Crippen molar-refractivity contribution in [2.75, 3.05) is 18.4 Å². The van der Waals surface area contributed by atoms with Gasteiger partial charge in [-0.2, -0.15) is 0 Å². The molecule has 0 aliphatic carbocycles. The smallest absolute Gasteiger partial charge is 0.253 e. The van der Waals surface area contributed by atoms with Gasteiger partial charge < -0.3 is 10.2 Å². The van der Waals surface area contributed by atoms with Crippen LogP contribution in [-0.4, -0.2) is 40.0 Å². The van der Waals surface area contributed by atoms with Gasteiger partial charge in [-0.25, -0.2) is 4.39 Å². The van der Waals surface area contributed by atoms with Gasteiger partial charge in [-0.15, -0.1) is 10.2 Å². The standard InChI is InChI=1S/C24H25FN4O2S/c1-15(2)16-5-7-17(8-6-16)22-27-28-24(32-22)26-21(30)19-4-3-13-29(14-19)23(31)18-9-11-20(25)12-10-18/h5-12,15,19H,3-4,13-14H2,1-2H3,(H,26,28,30)/t19-/m1/s1. The largest absolute Gasteiger partial charge is 0.338 e. The third-order valence-corrected chi connectivity index (χ3v) is 6.54. The SMILES string of the molecule is CC(C)c1ccc(-c2nnc(NC(=O)[C@@H]3CCCN(C(=O)c4ccc(F)cc4)C3)s2)cc1. The van der Waals surface area contributed by atoms with Gasteiger partial charge in [0.05, 0.1) is 5.92 Å². The molecule has 8 heteroatoms. The molecule has 1 fully saturated rings. The molecule has 0 radical (unpaired) electrons. The first kappa shape index (κ1) is 22.1. The van der Waals surface area contributed by atoms with Crippen LogP contribution in [0.4, 0.5) is 9.52 Å². The molecule has 0 bridgehead atoms. The zero-order valence-corrected chi connectivity index (χ0v) is 18.9. The maximum atomic E-state index is 13.1. The summed E-state index contributed by atoms with van der Waals surface area (Å²) >= 11 is 1.33. The predicted octanol–water partition coefficient (Wildman–Crippen LogP) is 4.96. The highest BCUT2D eigenvalue weighted by Crippen LogP contribution is 2.28. The number of anilines is 1. The van der Waals surface area contributed by atoms with Gasteiger partial charge in [0.25, 0.3) is 5.91 Å². The molecule has 2 heterocycles. The number of carbonyl (C=O) groups excluding carboxylic acids is 2. The number of piperidine rings is 1. The lowest BCUT2D eigenvalue weighted by Gasteiger charge is -2.32. The number of rotatable bonds is 5. The highest BCUT2D eigenvalue weighted by atomic mass is 32.1. The van der Waals surface area contributed by atoms with Crippen LogP contribution >= 0.6 is 11.3 Å². The molecule has 0 saturated carbocycles. The minimum absolute atomic E-state index is 0.167. The quantitative estimate of drug-likeness (QED) is 0.594. The lowest BCUT2D eigenvalue weighted by Crippen LogP contribution is -2.43. The molecular formula is C24H25FN4O2S. The van der Waals surface area contributed by atoms with Crippen molar-refractivity contribution < 1.29 is 14.0 Å². The van der Waals surface area contributed by atoms with E-state index in [1.807, 2.05) is 12.1 Å². The van der Waals surface area contributed by atoms with Gasteiger partial charge in [0.1, 0.15) is 10.8 Å². The molecule has 1 saturated heterocycles. The van der Waals surface area contributed by atoms with E-state index in [9.17, 15) is 14.0 Å². The summed E-state index contributed by atoms with van der Waals surface area (Å²) in [6, 6.07) is 13.7. The van der Waals surface area contributed by atoms with Crippen molar-refractivity contribution in [2.45, 2.75) is 32.6 Å². The summed E-state index contributed by atoms with van der Waals surface area (Å²) in [5.41, 5.74) is 2.63. The van der Waals surface area contributed by atoms with E-state index in [1.54, 1.807) is 4.90 Å². The number of nitrogens with one attached hydrogen (secondary N) is 1. The molecule has 1 aliphatic heterocycles. The maximum Gasteiger partial charge on any atom is 0.253 e. The van der Waals surface area contributed by atoms with Gasteiger partial charge in [-0.3, -0.25) is 9.59 Å². The normalized spacial score (nSPS) is 16.2. The van der Waals surface area contributed by atoms with Gasteiger partial charge in [0, 0.05) is 24.2 Å². The molecule has 6 nitrogen and oxygen atoms in total. The molecule has 1 N–H and O–H groups in total. The van der Waals surface area contributed by atoms with E-state index in [0.717, 1.165) is 17.0 Å². The van der Waals surface area contributed by atoms with Crippen LogP contribution in [0.2, 0.25) is 0 Å². The van der Waals surface area contributed by atoms with E-state index in [0.29, 0.717) is 36.1 Å². The van der Waals surface area contributed by atoms with Gasteiger partial charge in [-0.05, 0) is 48.6 Å². The lowest BCUT2D eigenvalue weighted by molar-refractivity contribution is -0.121. The van der Waals surface area contributed by atoms with E-state index in [-0.39, 0.29) is 23.5 Å². The third kappa shape index (κ3) is 5.02. The molecule has 1 aliphatic rings. The molecule has 1 atom stereocenters. The Morgan fingerprint density at radius 3 is 2.50 bits per heavy atom. The summed E-state index contributed by atoms with van der Waals surface area (Å²) in [7, 11) is 0. The van der Waals surface area contributed by atoms with Crippen molar-refractivity contribution in [3.05, 3.63) is 65.5 Å². The van der Waals surface area contributed by atoms with E-state index >= 15 is 0 Å². The fourth-order valence-electron chi connectivity index (χ4n) is 3.76. The Morgan fingerprint density at radius 1 is 1.09 bits per heavy atom. The van der Waals surface area contributed by atoms with Crippen molar-refractivity contribution >= 4 is 28.3 Å². The summed E-state index contributed by atoms with van der Waals surface area (Å²) in [4.78, 5) is 27.2. The Bertz CT molecular complexity index is 1100. The zero-order valence-electron chi connectivity index (χ0n) is 18.0. The minimum Gasteiger partial charge on any atom is -0.338 e. The number of hydrogen-bond donors (Lipinski definition) is 1. The monoisotopic (exact) mass is 452 g/mol. The fourth-order valence-corrected chi connectivity index (χ4v) is 4.51. The van der Waals surface area contributed by atoms with Gasteiger partial charge in [0.15, 0.2) is 0 Å². The molecule has 32 heavy (non-hydrogen) atoms. The Hall–Kier alpha value is -3.13. The highest BCUT2D eigenvalue weighted by molar-refractivity contribution is 7.18. The zero-order chi connectivity index (χ0) is 22.7. The van der Waals surface area contributed by atoms with Crippen LogP contribution in [0.5, 0.6) is 0 Å². The summed E-state index contributed by atoms with van der Waals surface area (Å²) in [5.74, 6) is -0.612. The summed E-state index contributed by atoms with van der Waals surface area (Å²) in [6.45, 7) is 5.19. The van der Waals surface area contributed by atoms with Crippen molar-refractivity contribution in [3.8, 4) is 10.6 Å². The molecule has 4 rings (SSSR count). The number of nitrogens with zero attached hydrogens (tertiary/aromatic N) is 3. The molecule has 1 aromatic heterocycles. The van der Waals surface area contributed by atoms with E-state index in [4.69, 9.17) is 0 Å². The average molecular weight is 453 g/mol. The second kappa shape index (κ2) is 9.56. The number of amides is 2. The van der Waals surface area contributed by atoms with Crippen LogP contribution in [0, 0.1) is 11.7 Å². The van der Waals surface area contributed by atoms with Gasteiger partial charge >= 0.3 is 0 Å². The van der Waals surface area contributed by atoms with Crippen LogP contribution in [-0.2, 0) is 4.79 Å². The van der Waals surface area contributed by atoms with Crippen LogP contribution in [0.1, 0.15) is 48.5 Å². The van der Waals surface area contributed by atoms with Crippen LogP contribution in [0.15, 0.2) is 48.5 Å². The van der Waals surface area contributed by atoms with E-state index in [1.165, 1.54) is 41.2 Å². The van der Waals surface area contributed by atoms with E-state index < -0.39 is 0 Å². The highest BCUT2D eigenvalue weighted by Gasteiger charge is 2.29. The molecule has 2 amide bonds. The number of benzene rings is 2. The first-order valence-corrected chi connectivity index (χ1v) is 11.5. The predicted molar refractivity (Wildman–Crippen MR) is 123 cm³/mol. The first-order chi connectivity index (χ1) is 15.4. The molecule has 0 spiro atoms. The fraction of sp³-hybridized carbons (Fsp3) is 0.333. The molecular weight excluding hydrogens is 427 g/mol. The number of likely N-dealkylation sites (tertiary alicyclic amines) is 1. The molecule has 2 aromatic carbocycles. The Kier molecular flexibility index (Phi) is 6.60. The van der Waals surface area contributed by atoms with Crippen LogP contribution in [0.25, 0.3) is 10.6 Å². The van der Waals surface area contributed by atoms with Crippen LogP contribution < -0.4 is 5.32 Å². The van der Waals surface area contributed by atoms with Crippen molar-refractivity contribution in [1.29, 1.82) is 0 Å². The van der Waals surface area contributed by atoms with Crippen molar-refractivity contribution in [1.82, 2.24) is 15.1 Å². The summed E-state index contributed by atoms with van der Waals surface area (Å²) in [5, 5.41) is 12.4.